The van der Waals surface area contributed by atoms with E-state index >= 15 is 0 Å². The molecule has 0 spiro atoms. The van der Waals surface area contributed by atoms with Crippen LogP contribution in [0.5, 0.6) is 0 Å². The van der Waals surface area contributed by atoms with E-state index in [1.165, 1.54) is 0 Å². The highest BCUT2D eigenvalue weighted by Gasteiger charge is 2.11. The van der Waals surface area contributed by atoms with E-state index in [-0.39, 0.29) is 0 Å². The Kier molecular flexibility index (Phi) is 5.92. The van der Waals surface area contributed by atoms with Crippen LogP contribution in [0, 0.1) is 6.92 Å². The predicted molar refractivity (Wildman–Crippen MR) is 111 cm³/mol. The van der Waals surface area contributed by atoms with Gasteiger partial charge < -0.3 is 0 Å². The number of halogens is 1. The molecule has 1 aromatic heterocycles. The van der Waals surface area contributed by atoms with Gasteiger partial charge in [0.05, 0.1) is 6.21 Å². The highest BCUT2D eigenvalue weighted by Crippen LogP contribution is 2.23. The predicted octanol–water partition coefficient (Wildman–Crippen LogP) is 5.39. The first-order valence-electron chi connectivity index (χ1n) is 8.26. The lowest BCUT2D eigenvalue weighted by Crippen LogP contribution is -2.05. The monoisotopic (exact) mass is 406 g/mol. The summed E-state index contributed by atoms with van der Waals surface area (Å²) in [6.45, 7) is 5.81. The van der Waals surface area contributed by atoms with Crippen molar-refractivity contribution in [3.63, 3.8) is 0 Å². The van der Waals surface area contributed by atoms with E-state index < -0.39 is 0 Å². The third-order valence-corrected chi connectivity index (χ3v) is 4.38. The molecule has 0 amide bonds. The normalized spacial score (nSPS) is 10.8. The number of aryl methyl sites for hydroxylation is 1. The average Bonchev–Trinajstić information content (AvgIpc) is 2.66. The number of anilines is 1. The summed E-state index contributed by atoms with van der Waals surface area (Å²) in [5.74, 6) is 1.38. The first-order valence-corrected chi connectivity index (χ1v) is 9.05. The maximum atomic E-state index is 4.68. The second-order valence-corrected chi connectivity index (χ2v) is 6.66. The Morgan fingerprint density at radius 1 is 1.08 bits per heavy atom. The molecule has 1 N–H and O–H groups in total. The van der Waals surface area contributed by atoms with Crippen molar-refractivity contribution in [3.05, 3.63) is 88.5 Å². The zero-order chi connectivity index (χ0) is 18.4. The number of nitrogens with one attached hydrogen (secondary N) is 1. The van der Waals surface area contributed by atoms with Crippen molar-refractivity contribution in [2.24, 2.45) is 5.10 Å². The molecule has 4 nitrogen and oxygen atoms in total. The summed E-state index contributed by atoms with van der Waals surface area (Å²) in [4.78, 5) is 9.32. The van der Waals surface area contributed by atoms with Gasteiger partial charge in [-0.2, -0.15) is 5.10 Å². The van der Waals surface area contributed by atoms with Crippen LogP contribution in [0.3, 0.4) is 0 Å². The molecular formula is C21H19BrN4. The van der Waals surface area contributed by atoms with Crippen LogP contribution >= 0.6 is 15.9 Å². The standard InChI is InChI=1S/C21H19BrN4/c1-3-7-19-15(2)24-20(17-8-5-4-6-9-17)25-21(19)26-23-14-16-10-12-18(22)13-11-16/h3-6,8-14H,1,7H2,2H3,(H,24,25,26)/b23-14-. The molecular weight excluding hydrogens is 388 g/mol. The molecule has 0 aliphatic carbocycles. The Labute approximate surface area is 161 Å². The SMILES string of the molecule is C=CCc1c(C)nc(-c2ccccc2)nc1N/N=C\c1ccc(Br)cc1. The first-order chi connectivity index (χ1) is 12.7. The smallest absolute Gasteiger partial charge is 0.161 e. The topological polar surface area (TPSA) is 50.2 Å². The molecule has 0 saturated carbocycles. The van der Waals surface area contributed by atoms with Crippen LogP contribution in [-0.4, -0.2) is 16.2 Å². The van der Waals surface area contributed by atoms with Gasteiger partial charge in [0.25, 0.3) is 0 Å². The molecule has 0 unspecified atom stereocenters. The van der Waals surface area contributed by atoms with Crippen molar-refractivity contribution in [1.29, 1.82) is 0 Å². The van der Waals surface area contributed by atoms with Crippen LogP contribution in [-0.2, 0) is 6.42 Å². The summed E-state index contributed by atoms with van der Waals surface area (Å²) < 4.78 is 1.04. The third kappa shape index (κ3) is 4.43. The lowest BCUT2D eigenvalue weighted by atomic mass is 10.1. The van der Waals surface area contributed by atoms with Crippen LogP contribution in [0.25, 0.3) is 11.4 Å². The third-order valence-electron chi connectivity index (χ3n) is 3.85. The fourth-order valence-electron chi connectivity index (χ4n) is 2.51. The molecule has 26 heavy (non-hydrogen) atoms. The van der Waals surface area contributed by atoms with Crippen molar-refractivity contribution in [1.82, 2.24) is 9.97 Å². The van der Waals surface area contributed by atoms with Crippen LogP contribution in [0.15, 0.2) is 76.8 Å². The first kappa shape index (κ1) is 18.0. The number of hydrogen-bond donors (Lipinski definition) is 1. The minimum atomic E-state index is 0.678. The van der Waals surface area contributed by atoms with Crippen molar-refractivity contribution >= 4 is 28.0 Å². The quantitative estimate of drug-likeness (QED) is 0.339. The summed E-state index contributed by atoms with van der Waals surface area (Å²) in [6, 6.07) is 17.9. The average molecular weight is 407 g/mol. The van der Waals surface area contributed by atoms with Gasteiger partial charge in [0.2, 0.25) is 0 Å². The molecule has 3 rings (SSSR count). The zero-order valence-corrected chi connectivity index (χ0v) is 16.1. The number of nitrogens with zero attached hydrogens (tertiary/aromatic N) is 3. The molecule has 3 aromatic rings. The highest BCUT2D eigenvalue weighted by atomic mass is 79.9. The highest BCUT2D eigenvalue weighted by molar-refractivity contribution is 9.10. The van der Waals surface area contributed by atoms with Crippen molar-refractivity contribution < 1.29 is 0 Å². The minimum absolute atomic E-state index is 0.678. The lowest BCUT2D eigenvalue weighted by molar-refractivity contribution is 1.03. The summed E-state index contributed by atoms with van der Waals surface area (Å²) in [7, 11) is 0. The van der Waals surface area contributed by atoms with Crippen molar-refractivity contribution in [2.45, 2.75) is 13.3 Å². The molecule has 130 valence electrons. The number of benzene rings is 2. The summed E-state index contributed by atoms with van der Waals surface area (Å²) in [6.07, 6.45) is 4.29. The number of hydrogen-bond acceptors (Lipinski definition) is 4. The second kappa shape index (κ2) is 8.54. The maximum absolute atomic E-state index is 4.68. The molecule has 2 aromatic carbocycles. The van der Waals surface area contributed by atoms with Gasteiger partial charge in [0.1, 0.15) is 0 Å². The van der Waals surface area contributed by atoms with Gasteiger partial charge in [-0.15, -0.1) is 6.58 Å². The van der Waals surface area contributed by atoms with Crippen LogP contribution in [0.1, 0.15) is 16.8 Å². The second-order valence-electron chi connectivity index (χ2n) is 5.74. The van der Waals surface area contributed by atoms with Gasteiger partial charge in [-0.25, -0.2) is 9.97 Å². The number of rotatable bonds is 6. The molecule has 0 bridgehead atoms. The molecule has 0 aliphatic heterocycles. The van der Waals surface area contributed by atoms with E-state index in [0.29, 0.717) is 18.1 Å². The lowest BCUT2D eigenvalue weighted by Gasteiger charge is -2.11. The summed E-state index contributed by atoms with van der Waals surface area (Å²) in [5, 5.41) is 4.35. The van der Waals surface area contributed by atoms with E-state index in [1.807, 2.05) is 67.6 Å². The maximum Gasteiger partial charge on any atom is 0.161 e. The largest absolute Gasteiger partial charge is 0.261 e. The Balaban J connectivity index is 1.91. The molecule has 0 radical (unpaired) electrons. The van der Waals surface area contributed by atoms with Gasteiger partial charge in [0.15, 0.2) is 11.6 Å². The zero-order valence-electron chi connectivity index (χ0n) is 14.5. The molecule has 5 heteroatoms. The Morgan fingerprint density at radius 3 is 2.50 bits per heavy atom. The van der Waals surface area contributed by atoms with Gasteiger partial charge >= 0.3 is 0 Å². The fourth-order valence-corrected chi connectivity index (χ4v) is 2.77. The van der Waals surface area contributed by atoms with Crippen molar-refractivity contribution in [3.8, 4) is 11.4 Å². The molecule has 0 saturated heterocycles. The Bertz CT molecular complexity index is 919. The molecule has 1 heterocycles. The molecule has 0 aliphatic rings. The van der Waals surface area contributed by atoms with Gasteiger partial charge in [-0.3, -0.25) is 5.43 Å². The summed E-state index contributed by atoms with van der Waals surface area (Å²) in [5.41, 5.74) is 6.95. The molecule has 0 fully saturated rings. The molecule has 0 atom stereocenters. The van der Waals surface area contributed by atoms with Crippen LogP contribution < -0.4 is 5.43 Å². The summed E-state index contributed by atoms with van der Waals surface area (Å²) >= 11 is 3.43. The van der Waals surface area contributed by atoms with E-state index in [9.17, 15) is 0 Å². The number of aromatic nitrogens is 2. The number of hydrazone groups is 1. The minimum Gasteiger partial charge on any atom is -0.261 e. The van der Waals surface area contributed by atoms with Crippen LogP contribution in [0.4, 0.5) is 5.82 Å². The van der Waals surface area contributed by atoms with Crippen LogP contribution in [0.2, 0.25) is 0 Å². The Hall–Kier alpha value is -2.79. The van der Waals surface area contributed by atoms with Gasteiger partial charge in [0, 0.05) is 21.3 Å². The van der Waals surface area contributed by atoms with E-state index in [1.54, 1.807) is 6.21 Å². The van der Waals surface area contributed by atoms with E-state index in [4.69, 9.17) is 0 Å². The van der Waals surface area contributed by atoms with Gasteiger partial charge in [-0.1, -0.05) is 64.5 Å². The fraction of sp³-hybridized carbons (Fsp3) is 0.0952. The Morgan fingerprint density at radius 2 is 1.81 bits per heavy atom. The van der Waals surface area contributed by atoms with E-state index in [2.05, 4.69) is 43.0 Å². The van der Waals surface area contributed by atoms with E-state index in [0.717, 1.165) is 26.9 Å². The van der Waals surface area contributed by atoms with Crippen molar-refractivity contribution in [2.75, 3.05) is 5.43 Å². The van der Waals surface area contributed by atoms with Gasteiger partial charge in [-0.05, 0) is 31.0 Å². The number of allylic oxidation sites excluding steroid dienone is 1.